The minimum absolute atomic E-state index is 0.0273. The van der Waals surface area contributed by atoms with Crippen molar-refractivity contribution in [3.63, 3.8) is 0 Å². The number of benzene rings is 1. The van der Waals surface area contributed by atoms with Gasteiger partial charge in [-0.15, -0.1) is 0 Å². The number of aliphatic hydroxyl groups excluding tert-OH is 1. The molecule has 20 heavy (non-hydrogen) atoms. The third-order valence-corrected chi connectivity index (χ3v) is 3.06. The van der Waals surface area contributed by atoms with Gasteiger partial charge < -0.3 is 15.7 Å². The van der Waals surface area contributed by atoms with E-state index in [4.69, 9.17) is 5.11 Å². The Bertz CT molecular complexity index is 527. The maximum atomic E-state index is 11.7. The first kappa shape index (κ1) is 14.0. The van der Waals surface area contributed by atoms with Crippen molar-refractivity contribution in [3.8, 4) is 0 Å². The number of non-ortho nitro benzene ring substituents is 1. The van der Waals surface area contributed by atoms with Crippen molar-refractivity contribution in [1.82, 2.24) is 5.32 Å². The monoisotopic (exact) mass is 277 g/mol. The second kappa shape index (κ2) is 6.16. The molecule has 1 aromatic carbocycles. The minimum Gasteiger partial charge on any atom is -0.396 e. The average Bonchev–Trinajstić information content (AvgIpc) is 2.86. The van der Waals surface area contributed by atoms with Gasteiger partial charge in [0.25, 0.3) is 5.69 Å². The van der Waals surface area contributed by atoms with E-state index in [-0.39, 0.29) is 30.3 Å². The van der Waals surface area contributed by atoms with E-state index < -0.39 is 4.92 Å². The van der Waals surface area contributed by atoms with Gasteiger partial charge in [0.2, 0.25) is 0 Å². The van der Waals surface area contributed by atoms with Crippen LogP contribution in [0.1, 0.15) is 6.42 Å². The lowest BCUT2D eigenvalue weighted by molar-refractivity contribution is -0.384. The molecule has 1 aliphatic carbocycles. The normalized spacial score (nSPS) is 20.6. The van der Waals surface area contributed by atoms with Crippen LogP contribution in [0.4, 0.5) is 16.2 Å². The van der Waals surface area contributed by atoms with Crippen LogP contribution in [0.25, 0.3) is 0 Å². The average molecular weight is 277 g/mol. The maximum Gasteiger partial charge on any atom is 0.319 e. The first-order valence-electron chi connectivity index (χ1n) is 6.19. The van der Waals surface area contributed by atoms with Crippen molar-refractivity contribution in [1.29, 1.82) is 0 Å². The van der Waals surface area contributed by atoms with Crippen LogP contribution in [0.15, 0.2) is 36.4 Å². The summed E-state index contributed by atoms with van der Waals surface area (Å²) in [5.41, 5.74) is 0.453. The van der Waals surface area contributed by atoms with Gasteiger partial charge in [0, 0.05) is 36.4 Å². The highest BCUT2D eigenvalue weighted by molar-refractivity contribution is 5.89. The van der Waals surface area contributed by atoms with Crippen molar-refractivity contribution >= 4 is 17.4 Å². The molecule has 3 N–H and O–H groups in total. The topological polar surface area (TPSA) is 104 Å². The van der Waals surface area contributed by atoms with E-state index in [0.29, 0.717) is 12.1 Å². The Labute approximate surface area is 115 Å². The van der Waals surface area contributed by atoms with Crippen LogP contribution in [0.2, 0.25) is 0 Å². The summed E-state index contributed by atoms with van der Waals surface area (Å²) in [6, 6.07) is 5.11. The fraction of sp³-hybridized carbons (Fsp3) is 0.308. The standard InChI is InChI=1S/C13H15N3O4/c17-8-9-1-2-11(7-9)15-13(18)14-10-3-5-12(6-4-10)16(19)20/h1-6,9,11,17H,7-8H2,(H2,14,15,18)/t9-,11+/m0/s1. The SMILES string of the molecule is O=C(Nc1ccc([N+](=O)[O-])cc1)N[C@@H]1C=C[C@H](CO)C1. The second-order valence-electron chi connectivity index (χ2n) is 4.57. The number of nitrogens with one attached hydrogen (secondary N) is 2. The molecule has 0 spiro atoms. The Morgan fingerprint density at radius 2 is 2.05 bits per heavy atom. The van der Waals surface area contributed by atoms with E-state index in [9.17, 15) is 14.9 Å². The van der Waals surface area contributed by atoms with E-state index in [1.54, 1.807) is 0 Å². The third kappa shape index (κ3) is 3.55. The number of nitrogens with zero attached hydrogens (tertiary/aromatic N) is 1. The van der Waals surface area contributed by atoms with E-state index >= 15 is 0 Å². The molecule has 0 aliphatic heterocycles. The van der Waals surface area contributed by atoms with Crippen LogP contribution in [-0.2, 0) is 0 Å². The molecule has 0 aromatic heterocycles. The summed E-state index contributed by atoms with van der Waals surface area (Å²) in [5, 5.41) is 24.8. The Balaban J connectivity index is 1.85. The lowest BCUT2D eigenvalue weighted by atomic mass is 10.1. The van der Waals surface area contributed by atoms with Gasteiger partial charge in [0.15, 0.2) is 0 Å². The van der Waals surface area contributed by atoms with Crippen LogP contribution < -0.4 is 10.6 Å². The zero-order valence-corrected chi connectivity index (χ0v) is 10.7. The third-order valence-electron chi connectivity index (χ3n) is 3.06. The number of hydrogen-bond acceptors (Lipinski definition) is 4. The molecule has 1 aromatic rings. The molecule has 0 unspecified atom stereocenters. The predicted octanol–water partition coefficient (Wildman–Crippen LogP) is 1.65. The van der Waals surface area contributed by atoms with Crippen LogP contribution >= 0.6 is 0 Å². The highest BCUT2D eigenvalue weighted by atomic mass is 16.6. The minimum atomic E-state index is -0.498. The number of nitro groups is 1. The van der Waals surface area contributed by atoms with Crippen molar-refractivity contribution in [2.24, 2.45) is 5.92 Å². The molecule has 106 valence electrons. The van der Waals surface area contributed by atoms with Gasteiger partial charge in [0.05, 0.1) is 4.92 Å². The van der Waals surface area contributed by atoms with E-state index in [1.165, 1.54) is 24.3 Å². The zero-order valence-electron chi connectivity index (χ0n) is 10.7. The Kier molecular flexibility index (Phi) is 4.31. The van der Waals surface area contributed by atoms with Crippen molar-refractivity contribution in [2.75, 3.05) is 11.9 Å². The largest absolute Gasteiger partial charge is 0.396 e. The lowest BCUT2D eigenvalue weighted by Crippen LogP contribution is -2.36. The van der Waals surface area contributed by atoms with Crippen LogP contribution in [-0.4, -0.2) is 28.7 Å². The second-order valence-corrected chi connectivity index (χ2v) is 4.57. The molecule has 2 rings (SSSR count). The first-order valence-corrected chi connectivity index (χ1v) is 6.19. The Morgan fingerprint density at radius 1 is 1.35 bits per heavy atom. The van der Waals surface area contributed by atoms with Gasteiger partial charge in [-0.2, -0.15) is 0 Å². The maximum absolute atomic E-state index is 11.7. The van der Waals surface area contributed by atoms with Crippen LogP contribution in [0.5, 0.6) is 0 Å². The molecule has 1 aliphatic rings. The first-order chi connectivity index (χ1) is 9.58. The molecule has 0 fully saturated rings. The molecule has 2 atom stereocenters. The summed E-state index contributed by atoms with van der Waals surface area (Å²) in [4.78, 5) is 21.7. The molecule has 0 radical (unpaired) electrons. The molecular formula is C13H15N3O4. The molecule has 0 heterocycles. The number of hydrogen-bond donors (Lipinski definition) is 3. The van der Waals surface area contributed by atoms with E-state index in [0.717, 1.165) is 0 Å². The number of nitro benzene ring substituents is 1. The van der Waals surface area contributed by atoms with E-state index in [2.05, 4.69) is 10.6 Å². The van der Waals surface area contributed by atoms with Gasteiger partial charge in [-0.3, -0.25) is 10.1 Å². The summed E-state index contributed by atoms with van der Waals surface area (Å²) < 4.78 is 0. The highest BCUT2D eigenvalue weighted by Gasteiger charge is 2.19. The fourth-order valence-corrected chi connectivity index (χ4v) is 2.02. The van der Waals surface area contributed by atoms with Crippen molar-refractivity contribution in [3.05, 3.63) is 46.5 Å². The van der Waals surface area contributed by atoms with Gasteiger partial charge in [0.1, 0.15) is 0 Å². The smallest absolute Gasteiger partial charge is 0.319 e. The number of urea groups is 1. The summed E-state index contributed by atoms with van der Waals surface area (Å²) >= 11 is 0. The van der Waals surface area contributed by atoms with E-state index in [1.807, 2.05) is 12.2 Å². The lowest BCUT2D eigenvalue weighted by Gasteiger charge is -2.13. The summed E-state index contributed by atoms with van der Waals surface area (Å²) in [5.74, 6) is 0.0830. The van der Waals surface area contributed by atoms with Gasteiger partial charge >= 0.3 is 6.03 Å². The van der Waals surface area contributed by atoms with Gasteiger partial charge in [-0.05, 0) is 18.6 Å². The quantitative estimate of drug-likeness (QED) is 0.442. The molecule has 0 bridgehead atoms. The highest BCUT2D eigenvalue weighted by Crippen LogP contribution is 2.18. The van der Waals surface area contributed by atoms with Gasteiger partial charge in [-0.1, -0.05) is 12.2 Å². The number of carbonyl (C=O) groups excluding carboxylic acids is 1. The number of aliphatic hydroxyl groups is 1. The summed E-state index contributed by atoms with van der Waals surface area (Å²) in [6.45, 7) is 0.0681. The summed E-state index contributed by atoms with van der Waals surface area (Å²) in [6.07, 6.45) is 4.39. The predicted molar refractivity (Wildman–Crippen MR) is 73.4 cm³/mol. The number of rotatable bonds is 4. The van der Waals surface area contributed by atoms with Crippen molar-refractivity contribution < 1.29 is 14.8 Å². The summed E-state index contributed by atoms with van der Waals surface area (Å²) in [7, 11) is 0. The Hall–Kier alpha value is -2.41. The number of carbonyl (C=O) groups is 1. The van der Waals surface area contributed by atoms with Crippen LogP contribution in [0, 0.1) is 16.0 Å². The number of amides is 2. The molecule has 0 saturated carbocycles. The van der Waals surface area contributed by atoms with Crippen molar-refractivity contribution in [2.45, 2.75) is 12.5 Å². The fourth-order valence-electron chi connectivity index (χ4n) is 2.02. The number of anilines is 1. The zero-order chi connectivity index (χ0) is 14.5. The molecule has 7 nitrogen and oxygen atoms in total. The molecule has 0 saturated heterocycles. The molecular weight excluding hydrogens is 262 g/mol. The molecule has 2 amide bonds. The van der Waals surface area contributed by atoms with Gasteiger partial charge in [-0.25, -0.2) is 4.79 Å². The Morgan fingerprint density at radius 3 is 2.60 bits per heavy atom. The van der Waals surface area contributed by atoms with Crippen LogP contribution in [0.3, 0.4) is 0 Å². The molecule has 7 heteroatoms.